The Morgan fingerprint density at radius 2 is 1.70 bits per heavy atom. The Hall–Kier alpha value is -3.41. The summed E-state index contributed by atoms with van der Waals surface area (Å²) in [6, 6.07) is 5.76. The topological polar surface area (TPSA) is 83.4 Å². The Morgan fingerprint density at radius 1 is 1.07 bits per heavy atom. The van der Waals surface area contributed by atoms with Crippen molar-refractivity contribution >= 4 is 11.7 Å². The number of hydrogen-bond acceptors (Lipinski definition) is 7. The van der Waals surface area contributed by atoms with Gasteiger partial charge in [0.25, 0.3) is 5.91 Å². The van der Waals surface area contributed by atoms with Gasteiger partial charge in [-0.05, 0) is 71.7 Å². The highest BCUT2D eigenvalue weighted by atomic mass is 19.4. The molecular weight excluding hydrogens is 525 g/mol. The number of halogens is 3. The molecule has 9 nitrogen and oxygen atoms in total. The molecule has 1 atom stereocenters. The molecule has 1 unspecified atom stereocenters. The second-order valence-corrected chi connectivity index (χ2v) is 10.6. The second-order valence-electron chi connectivity index (χ2n) is 10.6. The first-order chi connectivity index (χ1) is 18.9. The number of nitrogens with zero attached hydrogens (tertiary/aromatic N) is 6. The predicted molar refractivity (Wildman–Crippen MR) is 144 cm³/mol. The van der Waals surface area contributed by atoms with Crippen LogP contribution in [-0.2, 0) is 4.84 Å². The fourth-order valence-electron chi connectivity index (χ4n) is 5.53. The van der Waals surface area contributed by atoms with Crippen molar-refractivity contribution in [3.8, 4) is 5.75 Å². The number of ether oxygens (including phenoxy) is 1. The quantitative estimate of drug-likeness (QED) is 0.293. The first-order valence-electron chi connectivity index (χ1n) is 13.6. The summed E-state index contributed by atoms with van der Waals surface area (Å²) >= 11 is 0. The maximum absolute atomic E-state index is 13.2. The Kier molecular flexibility index (Phi) is 8.86. The SMILES string of the molecule is CCO/N=C(/c1ccc(OC(F)(F)F)cc1)N1CCN(C2(C)CCN(C(=O)c3c(C)ncnc3C)CC2)CC1C. The van der Waals surface area contributed by atoms with Crippen molar-refractivity contribution in [1.82, 2.24) is 24.7 Å². The number of carbonyl (C=O) groups is 1. The average Bonchev–Trinajstić information content (AvgIpc) is 2.89. The lowest BCUT2D eigenvalue weighted by molar-refractivity contribution is -0.274. The summed E-state index contributed by atoms with van der Waals surface area (Å²) in [7, 11) is 0. The van der Waals surface area contributed by atoms with E-state index >= 15 is 0 Å². The molecule has 0 bridgehead atoms. The molecule has 2 aliphatic heterocycles. The normalized spacial score (nSPS) is 20.4. The number of piperazine rings is 1. The molecule has 3 heterocycles. The maximum atomic E-state index is 13.2. The number of amidine groups is 1. The van der Waals surface area contributed by atoms with Crippen LogP contribution in [0.1, 0.15) is 60.9 Å². The Labute approximate surface area is 232 Å². The monoisotopic (exact) mass is 562 g/mol. The molecule has 2 aromatic rings. The van der Waals surface area contributed by atoms with Gasteiger partial charge in [0.15, 0.2) is 5.84 Å². The molecule has 0 aliphatic carbocycles. The number of oxime groups is 1. The largest absolute Gasteiger partial charge is 0.573 e. The summed E-state index contributed by atoms with van der Waals surface area (Å²) < 4.78 is 41.8. The van der Waals surface area contributed by atoms with Crippen LogP contribution in [0.4, 0.5) is 13.2 Å². The van der Waals surface area contributed by atoms with E-state index in [0.29, 0.717) is 54.6 Å². The maximum Gasteiger partial charge on any atom is 0.573 e. The Bertz CT molecular complexity index is 1190. The minimum Gasteiger partial charge on any atom is -0.406 e. The van der Waals surface area contributed by atoms with Crippen LogP contribution in [0.5, 0.6) is 5.75 Å². The molecular formula is C28H37F3N6O3. The van der Waals surface area contributed by atoms with Gasteiger partial charge in [0.1, 0.15) is 18.7 Å². The van der Waals surface area contributed by atoms with Crippen LogP contribution in [0.2, 0.25) is 0 Å². The molecule has 4 rings (SSSR count). The van der Waals surface area contributed by atoms with Gasteiger partial charge in [-0.3, -0.25) is 9.69 Å². The number of amides is 1. The summed E-state index contributed by atoms with van der Waals surface area (Å²) in [6.45, 7) is 13.8. The van der Waals surface area contributed by atoms with Crippen LogP contribution in [0.3, 0.4) is 0 Å². The van der Waals surface area contributed by atoms with Gasteiger partial charge >= 0.3 is 6.36 Å². The van der Waals surface area contributed by atoms with Gasteiger partial charge in [0.05, 0.1) is 17.0 Å². The number of carbonyl (C=O) groups excluding carboxylic acids is 1. The van der Waals surface area contributed by atoms with Crippen molar-refractivity contribution in [2.75, 3.05) is 39.3 Å². The van der Waals surface area contributed by atoms with Gasteiger partial charge in [-0.1, -0.05) is 5.16 Å². The first kappa shape index (κ1) is 29.6. The van der Waals surface area contributed by atoms with Crippen LogP contribution >= 0.6 is 0 Å². The van der Waals surface area contributed by atoms with Gasteiger partial charge < -0.3 is 19.4 Å². The lowest BCUT2D eigenvalue weighted by Gasteiger charge is -2.52. The minimum atomic E-state index is -4.75. The van der Waals surface area contributed by atoms with Crippen molar-refractivity contribution in [2.45, 2.75) is 65.4 Å². The lowest BCUT2D eigenvalue weighted by Crippen LogP contribution is -2.63. The van der Waals surface area contributed by atoms with E-state index in [1.54, 1.807) is 12.1 Å². The van der Waals surface area contributed by atoms with E-state index in [9.17, 15) is 18.0 Å². The third kappa shape index (κ3) is 6.65. The minimum absolute atomic E-state index is 0.0146. The number of aromatic nitrogens is 2. The number of likely N-dealkylation sites (tertiary alicyclic amines) is 1. The van der Waals surface area contributed by atoms with E-state index in [1.807, 2.05) is 25.7 Å². The molecule has 2 aliphatic rings. The Morgan fingerprint density at radius 3 is 2.25 bits per heavy atom. The van der Waals surface area contributed by atoms with E-state index in [2.05, 4.69) is 43.5 Å². The summed E-state index contributed by atoms with van der Waals surface area (Å²) in [5.41, 5.74) is 2.57. The molecule has 218 valence electrons. The van der Waals surface area contributed by atoms with Crippen molar-refractivity contribution in [3.05, 3.63) is 53.1 Å². The third-order valence-electron chi connectivity index (χ3n) is 7.86. The van der Waals surface area contributed by atoms with Crippen LogP contribution < -0.4 is 4.74 Å². The van der Waals surface area contributed by atoms with Gasteiger partial charge in [-0.25, -0.2) is 9.97 Å². The van der Waals surface area contributed by atoms with E-state index in [-0.39, 0.29) is 23.2 Å². The molecule has 0 N–H and O–H groups in total. The fourth-order valence-corrected chi connectivity index (χ4v) is 5.53. The van der Waals surface area contributed by atoms with Crippen molar-refractivity contribution in [1.29, 1.82) is 0 Å². The van der Waals surface area contributed by atoms with Crippen molar-refractivity contribution in [2.24, 2.45) is 5.16 Å². The number of hydrogen-bond donors (Lipinski definition) is 0. The number of alkyl halides is 3. The van der Waals surface area contributed by atoms with Gasteiger partial charge in [0.2, 0.25) is 0 Å². The molecule has 0 radical (unpaired) electrons. The van der Waals surface area contributed by atoms with Gasteiger partial charge in [-0.2, -0.15) is 0 Å². The molecule has 1 amide bonds. The number of benzene rings is 1. The molecule has 40 heavy (non-hydrogen) atoms. The molecule has 0 saturated carbocycles. The predicted octanol–water partition coefficient (Wildman–Crippen LogP) is 4.39. The molecule has 1 aromatic heterocycles. The van der Waals surface area contributed by atoms with Crippen molar-refractivity contribution < 1.29 is 27.5 Å². The summed E-state index contributed by atoms with van der Waals surface area (Å²) in [4.78, 5) is 33.6. The summed E-state index contributed by atoms with van der Waals surface area (Å²) in [5, 5.41) is 4.32. The Balaban J connectivity index is 1.41. The zero-order chi connectivity index (χ0) is 29.1. The van der Waals surface area contributed by atoms with Crippen LogP contribution in [0, 0.1) is 13.8 Å². The average molecular weight is 563 g/mol. The molecule has 2 saturated heterocycles. The molecule has 2 fully saturated rings. The van der Waals surface area contributed by atoms with Gasteiger partial charge in [0, 0.05) is 49.9 Å². The molecule has 0 spiro atoms. The van der Waals surface area contributed by atoms with E-state index in [1.165, 1.54) is 18.5 Å². The fraction of sp³-hybridized carbons (Fsp3) is 0.571. The van der Waals surface area contributed by atoms with E-state index in [0.717, 1.165) is 25.9 Å². The first-order valence-corrected chi connectivity index (χ1v) is 13.6. The smallest absolute Gasteiger partial charge is 0.406 e. The zero-order valence-electron chi connectivity index (χ0n) is 23.7. The second kappa shape index (κ2) is 12.0. The summed E-state index contributed by atoms with van der Waals surface area (Å²) in [5.74, 6) is 0.279. The van der Waals surface area contributed by atoms with Crippen LogP contribution in [-0.4, -0.2) is 93.7 Å². The third-order valence-corrected chi connectivity index (χ3v) is 7.86. The highest BCUT2D eigenvalue weighted by molar-refractivity contribution is 5.99. The lowest BCUT2D eigenvalue weighted by atomic mass is 9.86. The van der Waals surface area contributed by atoms with Crippen molar-refractivity contribution in [3.63, 3.8) is 0 Å². The van der Waals surface area contributed by atoms with E-state index in [4.69, 9.17) is 4.84 Å². The number of aryl methyl sites for hydroxylation is 2. The summed E-state index contributed by atoms with van der Waals surface area (Å²) in [6.07, 6.45) is -1.57. The zero-order valence-corrected chi connectivity index (χ0v) is 23.7. The van der Waals surface area contributed by atoms with Crippen LogP contribution in [0.15, 0.2) is 35.7 Å². The van der Waals surface area contributed by atoms with Crippen LogP contribution in [0.25, 0.3) is 0 Å². The number of rotatable bonds is 6. The van der Waals surface area contributed by atoms with E-state index < -0.39 is 6.36 Å². The molecule has 1 aromatic carbocycles. The highest BCUT2D eigenvalue weighted by Gasteiger charge is 2.41. The highest BCUT2D eigenvalue weighted by Crippen LogP contribution is 2.32. The van der Waals surface area contributed by atoms with Gasteiger partial charge in [-0.15, -0.1) is 13.2 Å². The standard InChI is InChI=1S/C28H37F3N6O3/c1-6-39-34-25(22-7-9-23(10-8-22)40-28(29,30)31)37-16-15-36(17-19(37)2)27(5)11-13-35(14-12-27)26(38)24-20(3)32-18-33-21(24)4/h7-10,18-19H,6,11-17H2,1-5H3/b34-25-. The molecule has 12 heteroatoms. The number of piperidine rings is 1.